The van der Waals surface area contributed by atoms with Crippen LogP contribution in [0.2, 0.25) is 0 Å². The van der Waals surface area contributed by atoms with E-state index in [1.165, 1.54) is 0 Å². The van der Waals surface area contributed by atoms with Crippen LogP contribution in [0.4, 0.5) is 0 Å². The zero-order valence-electron chi connectivity index (χ0n) is 10.1. The van der Waals surface area contributed by atoms with Crippen LogP contribution in [0.1, 0.15) is 11.1 Å². The fourth-order valence-corrected chi connectivity index (χ4v) is 2.92. The van der Waals surface area contributed by atoms with Gasteiger partial charge in [0.2, 0.25) is 0 Å². The standard InChI is InChI=1S/C14H13IO3S/c15-14-8-6-12(7-9-14)10-18-19(16,17)11-13-4-2-1-3-5-13/h1-9H,10-11H2. The summed E-state index contributed by atoms with van der Waals surface area (Å²) in [5.74, 6) is -0.0990. The minimum atomic E-state index is -3.54. The minimum Gasteiger partial charge on any atom is -0.265 e. The van der Waals surface area contributed by atoms with E-state index in [0.717, 1.165) is 14.7 Å². The maximum absolute atomic E-state index is 11.8. The summed E-state index contributed by atoms with van der Waals surface area (Å²) in [6.07, 6.45) is 0. The third-order valence-electron chi connectivity index (χ3n) is 2.50. The second kappa shape index (κ2) is 6.49. The number of benzene rings is 2. The molecule has 0 saturated heterocycles. The number of halogens is 1. The molecule has 3 nitrogen and oxygen atoms in total. The Morgan fingerprint density at radius 2 is 1.53 bits per heavy atom. The van der Waals surface area contributed by atoms with E-state index in [-0.39, 0.29) is 12.4 Å². The Bertz CT molecular complexity index is 622. The zero-order chi connectivity index (χ0) is 13.7. The molecule has 0 amide bonds. The fourth-order valence-electron chi connectivity index (χ4n) is 1.56. The maximum atomic E-state index is 11.8. The summed E-state index contributed by atoms with van der Waals surface area (Å²) in [5, 5.41) is 0. The average Bonchev–Trinajstić information content (AvgIpc) is 2.39. The molecule has 100 valence electrons. The van der Waals surface area contributed by atoms with E-state index in [1.807, 2.05) is 42.5 Å². The molecular weight excluding hydrogens is 375 g/mol. The van der Waals surface area contributed by atoms with Gasteiger partial charge in [-0.15, -0.1) is 0 Å². The molecule has 0 aliphatic carbocycles. The molecule has 0 aromatic heterocycles. The summed E-state index contributed by atoms with van der Waals surface area (Å²) in [6, 6.07) is 16.6. The lowest BCUT2D eigenvalue weighted by Crippen LogP contribution is -2.08. The van der Waals surface area contributed by atoms with Crippen LogP contribution in [0.25, 0.3) is 0 Å². The van der Waals surface area contributed by atoms with Crippen molar-refractivity contribution >= 4 is 32.7 Å². The molecule has 0 aliphatic heterocycles. The van der Waals surface area contributed by atoms with Gasteiger partial charge in [-0.05, 0) is 45.9 Å². The molecule has 2 aromatic rings. The molecular formula is C14H13IO3S. The normalized spacial score (nSPS) is 11.4. The smallest absolute Gasteiger partial charge is 0.265 e. The summed E-state index contributed by atoms with van der Waals surface area (Å²) < 4.78 is 29.8. The molecule has 0 spiro atoms. The molecule has 2 aromatic carbocycles. The Kier molecular flexibility index (Phi) is 4.95. The summed E-state index contributed by atoms with van der Waals surface area (Å²) in [4.78, 5) is 0. The van der Waals surface area contributed by atoms with Gasteiger partial charge < -0.3 is 0 Å². The maximum Gasteiger partial charge on any atom is 0.271 e. The molecule has 0 radical (unpaired) electrons. The lowest BCUT2D eigenvalue weighted by atomic mass is 10.2. The van der Waals surface area contributed by atoms with Crippen molar-refractivity contribution < 1.29 is 12.6 Å². The molecule has 0 saturated carbocycles. The molecule has 19 heavy (non-hydrogen) atoms. The highest BCUT2D eigenvalue weighted by atomic mass is 127. The van der Waals surface area contributed by atoms with Gasteiger partial charge in [0, 0.05) is 3.57 Å². The number of rotatable bonds is 5. The quantitative estimate of drug-likeness (QED) is 0.583. The first kappa shape index (κ1) is 14.5. The Morgan fingerprint density at radius 3 is 2.16 bits per heavy atom. The van der Waals surface area contributed by atoms with Crippen molar-refractivity contribution in [1.82, 2.24) is 0 Å². The van der Waals surface area contributed by atoms with Crippen molar-refractivity contribution in [2.45, 2.75) is 12.4 Å². The van der Waals surface area contributed by atoms with Crippen molar-refractivity contribution in [2.75, 3.05) is 0 Å². The second-order valence-electron chi connectivity index (χ2n) is 4.08. The van der Waals surface area contributed by atoms with Crippen LogP contribution in [-0.2, 0) is 26.7 Å². The van der Waals surface area contributed by atoms with Gasteiger partial charge in [-0.1, -0.05) is 42.5 Å². The first-order chi connectivity index (χ1) is 9.05. The Labute approximate surface area is 126 Å². The summed E-state index contributed by atoms with van der Waals surface area (Å²) >= 11 is 2.20. The van der Waals surface area contributed by atoms with Gasteiger partial charge in [0.25, 0.3) is 10.1 Å². The van der Waals surface area contributed by atoms with E-state index in [4.69, 9.17) is 4.18 Å². The third-order valence-corrected chi connectivity index (χ3v) is 4.39. The molecule has 0 aliphatic rings. The Balaban J connectivity index is 1.96. The first-order valence-electron chi connectivity index (χ1n) is 5.71. The molecule has 0 fully saturated rings. The molecule has 0 atom stereocenters. The highest BCUT2D eigenvalue weighted by Crippen LogP contribution is 2.12. The van der Waals surface area contributed by atoms with E-state index in [9.17, 15) is 8.42 Å². The Hall–Kier alpha value is -0.920. The van der Waals surface area contributed by atoms with Crippen LogP contribution in [0, 0.1) is 3.57 Å². The number of hydrogen-bond acceptors (Lipinski definition) is 3. The van der Waals surface area contributed by atoms with Gasteiger partial charge in [0.1, 0.15) is 5.75 Å². The van der Waals surface area contributed by atoms with Crippen molar-refractivity contribution in [3.8, 4) is 0 Å². The highest BCUT2D eigenvalue weighted by molar-refractivity contribution is 14.1. The monoisotopic (exact) mass is 388 g/mol. The van der Waals surface area contributed by atoms with E-state index in [0.29, 0.717) is 0 Å². The van der Waals surface area contributed by atoms with Crippen LogP contribution >= 0.6 is 22.6 Å². The van der Waals surface area contributed by atoms with Crippen molar-refractivity contribution in [2.24, 2.45) is 0 Å². The van der Waals surface area contributed by atoms with Crippen molar-refractivity contribution in [3.05, 3.63) is 69.3 Å². The Morgan fingerprint density at radius 1 is 0.895 bits per heavy atom. The van der Waals surface area contributed by atoms with E-state index in [1.54, 1.807) is 12.1 Å². The van der Waals surface area contributed by atoms with E-state index < -0.39 is 10.1 Å². The zero-order valence-corrected chi connectivity index (χ0v) is 13.1. The lowest BCUT2D eigenvalue weighted by Gasteiger charge is -2.06. The van der Waals surface area contributed by atoms with Crippen LogP contribution < -0.4 is 0 Å². The average molecular weight is 388 g/mol. The largest absolute Gasteiger partial charge is 0.271 e. The van der Waals surface area contributed by atoms with Gasteiger partial charge in [0.15, 0.2) is 0 Å². The molecule has 2 rings (SSSR count). The van der Waals surface area contributed by atoms with E-state index >= 15 is 0 Å². The first-order valence-corrected chi connectivity index (χ1v) is 8.36. The topological polar surface area (TPSA) is 43.4 Å². The van der Waals surface area contributed by atoms with Gasteiger partial charge in [0.05, 0.1) is 6.61 Å². The van der Waals surface area contributed by atoms with Crippen LogP contribution in [0.15, 0.2) is 54.6 Å². The van der Waals surface area contributed by atoms with Gasteiger partial charge in [-0.2, -0.15) is 8.42 Å². The fraction of sp³-hybridized carbons (Fsp3) is 0.143. The highest BCUT2D eigenvalue weighted by Gasteiger charge is 2.12. The molecule has 0 bridgehead atoms. The van der Waals surface area contributed by atoms with Gasteiger partial charge in [-0.3, -0.25) is 4.18 Å². The lowest BCUT2D eigenvalue weighted by molar-refractivity contribution is 0.307. The van der Waals surface area contributed by atoms with Gasteiger partial charge in [-0.25, -0.2) is 0 Å². The predicted molar refractivity (Wildman–Crippen MR) is 83.0 cm³/mol. The second-order valence-corrected chi connectivity index (χ2v) is 6.96. The predicted octanol–water partition coefficient (Wildman–Crippen LogP) is 3.34. The molecule has 0 heterocycles. The number of hydrogen-bond donors (Lipinski definition) is 0. The van der Waals surface area contributed by atoms with Crippen LogP contribution in [-0.4, -0.2) is 8.42 Å². The molecule has 0 N–H and O–H groups in total. The summed E-state index contributed by atoms with van der Waals surface area (Å²) in [5.41, 5.74) is 1.57. The summed E-state index contributed by atoms with van der Waals surface area (Å²) in [7, 11) is -3.54. The van der Waals surface area contributed by atoms with Crippen molar-refractivity contribution in [3.63, 3.8) is 0 Å². The van der Waals surface area contributed by atoms with Gasteiger partial charge >= 0.3 is 0 Å². The molecule has 0 unspecified atom stereocenters. The SMILES string of the molecule is O=S(=O)(Cc1ccccc1)OCc1ccc(I)cc1. The molecule has 5 heteroatoms. The van der Waals surface area contributed by atoms with Crippen molar-refractivity contribution in [1.29, 1.82) is 0 Å². The minimum absolute atomic E-state index is 0.0755. The van der Waals surface area contributed by atoms with E-state index in [2.05, 4.69) is 22.6 Å². The van der Waals surface area contributed by atoms with Crippen LogP contribution in [0.5, 0.6) is 0 Å². The van der Waals surface area contributed by atoms with Crippen LogP contribution in [0.3, 0.4) is 0 Å². The third kappa shape index (κ3) is 4.93. The summed E-state index contributed by atoms with van der Waals surface area (Å²) in [6.45, 7) is 0.0755.